The van der Waals surface area contributed by atoms with Gasteiger partial charge in [-0.25, -0.2) is 0 Å². The minimum atomic E-state index is -0.485. The summed E-state index contributed by atoms with van der Waals surface area (Å²) in [6.45, 7) is 11.7. The highest BCUT2D eigenvalue weighted by Crippen LogP contribution is 2.39. The second-order valence-electron chi connectivity index (χ2n) is 7.06. The molecule has 0 fully saturated rings. The number of rotatable bonds is 7. The smallest absolute Gasteiger partial charge is 0.224 e. The van der Waals surface area contributed by atoms with Crippen LogP contribution in [-0.4, -0.2) is 34.6 Å². The van der Waals surface area contributed by atoms with E-state index in [9.17, 15) is 10.0 Å². The Labute approximate surface area is 161 Å². The molecule has 1 aliphatic rings. The van der Waals surface area contributed by atoms with Gasteiger partial charge in [-0.05, 0) is 45.7 Å². The Morgan fingerprint density at radius 3 is 2.58 bits per heavy atom. The van der Waals surface area contributed by atoms with Gasteiger partial charge >= 0.3 is 0 Å². The lowest BCUT2D eigenvalue weighted by Crippen LogP contribution is -2.48. The van der Waals surface area contributed by atoms with Gasteiger partial charge in [0.15, 0.2) is 6.23 Å². The first-order chi connectivity index (χ1) is 11.8. The van der Waals surface area contributed by atoms with Crippen LogP contribution in [0, 0.1) is 0 Å². The molecule has 1 unspecified atom stereocenters. The number of ether oxygens (including phenoxy) is 2. The summed E-state index contributed by atoms with van der Waals surface area (Å²) < 4.78 is 11.7. The molecule has 7 heteroatoms. The van der Waals surface area contributed by atoms with E-state index in [1.807, 2.05) is 33.8 Å². The zero-order valence-electron chi connectivity index (χ0n) is 15.9. The second-order valence-corrected chi connectivity index (χ2v) is 7.06. The Balaban J connectivity index is 0.00000338. The second kappa shape index (κ2) is 9.26. The number of fused-ring (bicyclic) bond motifs is 1. The lowest BCUT2D eigenvalue weighted by atomic mass is 10.0. The molecular formula is C19H29ClN2O4. The van der Waals surface area contributed by atoms with Gasteiger partial charge < -0.3 is 20.0 Å². The molecule has 0 radical (unpaired) electrons. The fraction of sp³-hybridized carbons (Fsp3) is 0.526. The molecule has 0 saturated heterocycles. The monoisotopic (exact) mass is 384 g/mol. The van der Waals surface area contributed by atoms with Crippen LogP contribution in [0.5, 0.6) is 11.5 Å². The maximum Gasteiger partial charge on any atom is 0.224 e. The minimum Gasteiger partial charge on any atom is -0.487 e. The van der Waals surface area contributed by atoms with Gasteiger partial charge in [-0.3, -0.25) is 4.79 Å². The van der Waals surface area contributed by atoms with E-state index < -0.39 is 11.8 Å². The van der Waals surface area contributed by atoms with Crippen LogP contribution >= 0.6 is 12.4 Å². The fourth-order valence-electron chi connectivity index (χ4n) is 2.70. The first kappa shape index (κ1) is 22.3. The van der Waals surface area contributed by atoms with Gasteiger partial charge in [-0.2, -0.15) is 0 Å². The van der Waals surface area contributed by atoms with E-state index in [4.69, 9.17) is 9.47 Å². The number of halogens is 1. The molecule has 146 valence electrons. The van der Waals surface area contributed by atoms with E-state index >= 15 is 0 Å². The van der Waals surface area contributed by atoms with Gasteiger partial charge in [0.05, 0.1) is 5.69 Å². The molecule has 6 nitrogen and oxygen atoms in total. The maximum atomic E-state index is 11.8. The summed E-state index contributed by atoms with van der Waals surface area (Å²) in [5, 5.41) is 14.5. The van der Waals surface area contributed by atoms with E-state index in [-0.39, 0.29) is 18.3 Å². The molecule has 1 aliphatic heterocycles. The summed E-state index contributed by atoms with van der Waals surface area (Å²) in [6, 6.07) is 3.60. The number of anilines is 1. The number of carbonyl (C=O) groups is 1. The third kappa shape index (κ3) is 5.13. The first-order valence-corrected chi connectivity index (χ1v) is 8.62. The Kier molecular flexibility index (Phi) is 7.93. The van der Waals surface area contributed by atoms with Crippen molar-refractivity contribution in [3.8, 4) is 11.5 Å². The van der Waals surface area contributed by atoms with Crippen LogP contribution in [0.25, 0.3) is 0 Å². The summed E-state index contributed by atoms with van der Waals surface area (Å²) in [4.78, 5) is 11.8. The molecule has 0 aromatic heterocycles. The largest absolute Gasteiger partial charge is 0.487 e. The highest BCUT2D eigenvalue weighted by atomic mass is 35.5. The van der Waals surface area contributed by atoms with E-state index in [0.29, 0.717) is 43.1 Å². The van der Waals surface area contributed by atoms with E-state index in [0.717, 1.165) is 5.56 Å². The van der Waals surface area contributed by atoms with Crippen molar-refractivity contribution < 1.29 is 19.5 Å². The molecule has 26 heavy (non-hydrogen) atoms. The molecule has 0 aliphatic carbocycles. The van der Waals surface area contributed by atoms with Gasteiger partial charge in [0.2, 0.25) is 5.91 Å². The molecule has 0 saturated carbocycles. The van der Waals surface area contributed by atoms with Crippen molar-refractivity contribution in [3.63, 3.8) is 0 Å². The van der Waals surface area contributed by atoms with Crippen LogP contribution in [0.15, 0.2) is 24.8 Å². The van der Waals surface area contributed by atoms with Crippen LogP contribution in [0.2, 0.25) is 0 Å². The number of nitrogens with one attached hydrogen (secondary N) is 1. The first-order valence-electron chi connectivity index (χ1n) is 8.62. The topological polar surface area (TPSA) is 71.0 Å². The van der Waals surface area contributed by atoms with Crippen LogP contribution < -0.4 is 14.8 Å². The van der Waals surface area contributed by atoms with Gasteiger partial charge in [0.1, 0.15) is 18.1 Å². The Morgan fingerprint density at radius 2 is 2.00 bits per heavy atom. The summed E-state index contributed by atoms with van der Waals surface area (Å²) in [7, 11) is 0. The van der Waals surface area contributed by atoms with Crippen molar-refractivity contribution in [1.29, 1.82) is 0 Å². The van der Waals surface area contributed by atoms with E-state index in [1.165, 1.54) is 5.06 Å². The van der Waals surface area contributed by atoms with Crippen LogP contribution in [0.3, 0.4) is 0 Å². The number of amides is 1. The number of hydrogen-bond donors (Lipinski definition) is 2. The van der Waals surface area contributed by atoms with Gasteiger partial charge in [0, 0.05) is 17.5 Å². The van der Waals surface area contributed by atoms with Crippen molar-refractivity contribution in [3.05, 3.63) is 30.4 Å². The molecule has 2 N–H and O–H groups in total. The van der Waals surface area contributed by atoms with Crippen molar-refractivity contribution in [2.45, 2.75) is 58.7 Å². The van der Waals surface area contributed by atoms with Crippen molar-refractivity contribution in [2.24, 2.45) is 0 Å². The zero-order valence-corrected chi connectivity index (χ0v) is 16.7. The lowest BCUT2D eigenvalue weighted by Gasteiger charge is -2.36. The lowest BCUT2D eigenvalue weighted by molar-refractivity contribution is -0.235. The van der Waals surface area contributed by atoms with Gasteiger partial charge in [-0.1, -0.05) is 19.6 Å². The average Bonchev–Trinajstić information content (AvgIpc) is 2.56. The van der Waals surface area contributed by atoms with Crippen LogP contribution in [0.1, 0.15) is 46.1 Å². The summed E-state index contributed by atoms with van der Waals surface area (Å²) in [6.07, 6.45) is 2.75. The number of hydrogen-bond acceptors (Lipinski definition) is 5. The molecule has 0 bridgehead atoms. The molecule has 1 aromatic rings. The van der Waals surface area contributed by atoms with E-state index in [2.05, 4.69) is 11.9 Å². The normalized spacial score (nSPS) is 14.8. The average molecular weight is 385 g/mol. The maximum absolute atomic E-state index is 11.8. The van der Waals surface area contributed by atoms with Gasteiger partial charge in [0.25, 0.3) is 0 Å². The number of hydroxylamine groups is 2. The summed E-state index contributed by atoms with van der Waals surface area (Å²) in [5.41, 5.74) is 1.09. The Bertz CT molecular complexity index is 643. The SMILES string of the molecule is C=CCOc1ccc(OC(CC)N(O)C(C)(C)C)c2c1NC(=O)CC2.Cl. The van der Waals surface area contributed by atoms with E-state index in [1.54, 1.807) is 12.1 Å². The highest BCUT2D eigenvalue weighted by molar-refractivity contribution is 5.96. The molecule has 0 spiro atoms. The molecule has 1 aromatic carbocycles. The Hall–Kier alpha value is -1.76. The standard InChI is InChI=1S/C19H28N2O4.ClH/c1-6-12-24-15-10-9-14(13-8-11-16(22)20-18(13)15)25-17(7-2)21(23)19(3,4)5;/h6,9-10,17,23H,1,7-8,11-12H2,2-5H3,(H,20,22);1H. The fourth-order valence-corrected chi connectivity index (χ4v) is 2.70. The molecule has 1 atom stereocenters. The molecule has 2 rings (SSSR count). The third-order valence-electron chi connectivity index (χ3n) is 4.03. The molecule has 1 amide bonds. The number of carbonyl (C=O) groups excluding carboxylic acids is 1. The predicted octanol–water partition coefficient (Wildman–Crippen LogP) is 4.16. The third-order valence-corrected chi connectivity index (χ3v) is 4.03. The quantitative estimate of drug-likeness (QED) is 0.419. The molecular weight excluding hydrogens is 356 g/mol. The predicted molar refractivity (Wildman–Crippen MR) is 104 cm³/mol. The van der Waals surface area contributed by atoms with Crippen molar-refractivity contribution in [2.75, 3.05) is 11.9 Å². The minimum absolute atomic E-state index is 0. The summed E-state index contributed by atoms with van der Waals surface area (Å²) in [5.74, 6) is 1.20. The van der Waals surface area contributed by atoms with Crippen molar-refractivity contribution >= 4 is 24.0 Å². The van der Waals surface area contributed by atoms with Crippen LogP contribution in [-0.2, 0) is 11.2 Å². The highest BCUT2D eigenvalue weighted by Gasteiger charge is 2.30. The zero-order chi connectivity index (χ0) is 18.6. The summed E-state index contributed by atoms with van der Waals surface area (Å²) >= 11 is 0. The van der Waals surface area contributed by atoms with Crippen molar-refractivity contribution in [1.82, 2.24) is 5.06 Å². The van der Waals surface area contributed by atoms with Crippen LogP contribution in [0.4, 0.5) is 5.69 Å². The molecule has 1 heterocycles. The van der Waals surface area contributed by atoms with Gasteiger partial charge in [-0.15, -0.1) is 17.5 Å². The Morgan fingerprint density at radius 1 is 1.35 bits per heavy atom. The number of nitrogens with zero attached hydrogens (tertiary/aromatic N) is 1. The number of benzene rings is 1.